The van der Waals surface area contributed by atoms with E-state index in [4.69, 9.17) is 4.98 Å². The summed E-state index contributed by atoms with van der Waals surface area (Å²) < 4.78 is 0. The van der Waals surface area contributed by atoms with Crippen molar-refractivity contribution < 1.29 is 4.79 Å². The van der Waals surface area contributed by atoms with Crippen LogP contribution in [0.5, 0.6) is 0 Å². The predicted octanol–water partition coefficient (Wildman–Crippen LogP) is 7.13. The van der Waals surface area contributed by atoms with Crippen LogP contribution in [0.3, 0.4) is 0 Å². The van der Waals surface area contributed by atoms with Crippen molar-refractivity contribution in [2.75, 3.05) is 5.32 Å². The number of carbonyl (C=O) groups is 1. The van der Waals surface area contributed by atoms with Crippen LogP contribution in [0.2, 0.25) is 0 Å². The number of amides is 1. The van der Waals surface area contributed by atoms with Gasteiger partial charge < -0.3 is 5.32 Å². The summed E-state index contributed by atoms with van der Waals surface area (Å²) in [5.41, 5.74) is 7.50. The summed E-state index contributed by atoms with van der Waals surface area (Å²) in [4.78, 5) is 22.6. The van der Waals surface area contributed by atoms with E-state index in [9.17, 15) is 4.79 Å². The van der Waals surface area contributed by atoms with Gasteiger partial charge in [-0.25, -0.2) is 4.98 Å². The number of aromatic nitrogens is 2. The molecule has 2 heterocycles. The Hall–Kier alpha value is -4.09. The smallest absolute Gasteiger partial charge is 0.233 e. The third-order valence-corrected chi connectivity index (χ3v) is 8.14. The Labute approximate surface area is 221 Å². The van der Waals surface area contributed by atoms with Gasteiger partial charge in [0.2, 0.25) is 5.91 Å². The zero-order chi connectivity index (χ0) is 25.2. The predicted molar refractivity (Wildman–Crippen MR) is 150 cm³/mol. The molecule has 0 fully saturated rings. The number of nitrogens with one attached hydrogen (secondary N) is 1. The van der Waals surface area contributed by atoms with Crippen LogP contribution >= 0.6 is 11.3 Å². The second-order valence-electron chi connectivity index (χ2n) is 9.84. The van der Waals surface area contributed by atoms with Crippen molar-refractivity contribution in [3.05, 3.63) is 137 Å². The lowest BCUT2D eigenvalue weighted by atomic mass is 9.73. The Kier molecular flexibility index (Phi) is 6.15. The molecule has 0 spiro atoms. The van der Waals surface area contributed by atoms with Gasteiger partial charge in [-0.1, -0.05) is 78.9 Å². The summed E-state index contributed by atoms with van der Waals surface area (Å²) in [6.07, 6.45) is 5.04. The first-order chi connectivity index (χ1) is 18.1. The molecule has 37 heavy (non-hydrogen) atoms. The van der Waals surface area contributed by atoms with Gasteiger partial charge in [-0.05, 0) is 58.9 Å². The molecule has 2 aromatic heterocycles. The van der Waals surface area contributed by atoms with Crippen LogP contribution in [0.25, 0.3) is 11.1 Å². The molecule has 182 valence electrons. The number of hydrogen-bond donors (Lipinski definition) is 1. The van der Waals surface area contributed by atoms with E-state index in [0.29, 0.717) is 11.6 Å². The molecule has 1 N–H and O–H groups in total. The molecule has 1 aliphatic carbocycles. The number of hydrogen-bond acceptors (Lipinski definition) is 4. The molecule has 5 aromatic rings. The van der Waals surface area contributed by atoms with Crippen LogP contribution in [0, 0.1) is 5.41 Å². The second-order valence-corrected chi connectivity index (χ2v) is 10.7. The number of rotatable bonds is 6. The molecule has 3 aromatic carbocycles. The third-order valence-electron chi connectivity index (χ3n) is 7.34. The summed E-state index contributed by atoms with van der Waals surface area (Å²) in [5, 5.41) is 5.84. The molecular weight excluding hydrogens is 474 g/mol. The Balaban J connectivity index is 1.19. The normalized spacial score (nSPS) is 18.4. The van der Waals surface area contributed by atoms with E-state index in [1.54, 1.807) is 12.4 Å². The number of thiazole rings is 1. The van der Waals surface area contributed by atoms with E-state index in [1.165, 1.54) is 33.6 Å². The lowest BCUT2D eigenvalue weighted by Gasteiger charge is -2.30. The molecule has 0 bridgehead atoms. The Bertz CT molecular complexity index is 1530. The van der Waals surface area contributed by atoms with Crippen LogP contribution in [-0.4, -0.2) is 15.9 Å². The number of fused-ring (bicyclic) bond motifs is 1. The maximum absolute atomic E-state index is 13.8. The lowest BCUT2D eigenvalue weighted by Crippen LogP contribution is -2.37. The summed E-state index contributed by atoms with van der Waals surface area (Å²) in [7, 11) is 0. The maximum atomic E-state index is 13.8. The van der Waals surface area contributed by atoms with Crippen LogP contribution in [-0.2, 0) is 17.6 Å². The van der Waals surface area contributed by atoms with Gasteiger partial charge in [0.15, 0.2) is 5.13 Å². The maximum Gasteiger partial charge on any atom is 0.233 e. The minimum atomic E-state index is -0.598. The van der Waals surface area contributed by atoms with Crippen molar-refractivity contribution in [3.8, 4) is 11.1 Å². The molecule has 4 nitrogen and oxygen atoms in total. The van der Waals surface area contributed by atoms with Gasteiger partial charge in [0.1, 0.15) is 0 Å². The molecule has 5 heteroatoms. The summed E-state index contributed by atoms with van der Waals surface area (Å²) >= 11 is 1.49. The fourth-order valence-electron chi connectivity index (χ4n) is 5.48. The lowest BCUT2D eigenvalue weighted by molar-refractivity contribution is -0.125. The summed E-state index contributed by atoms with van der Waals surface area (Å²) in [5.74, 6) is 0.0170. The van der Waals surface area contributed by atoms with Crippen LogP contribution in [0.4, 0.5) is 5.13 Å². The Morgan fingerprint density at radius 1 is 0.919 bits per heavy atom. The van der Waals surface area contributed by atoms with E-state index in [0.717, 1.165) is 23.2 Å². The number of anilines is 1. The molecule has 0 saturated heterocycles. The highest BCUT2D eigenvalue weighted by molar-refractivity contribution is 7.13. The quantitative estimate of drug-likeness (QED) is 0.269. The van der Waals surface area contributed by atoms with E-state index < -0.39 is 5.41 Å². The minimum absolute atomic E-state index is 0.00300. The molecule has 0 unspecified atom stereocenters. The van der Waals surface area contributed by atoms with Crippen molar-refractivity contribution in [2.24, 2.45) is 5.41 Å². The second kappa shape index (κ2) is 9.75. The Morgan fingerprint density at radius 3 is 2.41 bits per heavy atom. The number of nitrogens with zero attached hydrogens (tertiary/aromatic N) is 2. The van der Waals surface area contributed by atoms with Crippen molar-refractivity contribution in [3.63, 3.8) is 0 Å². The van der Waals surface area contributed by atoms with Gasteiger partial charge in [0.25, 0.3) is 0 Å². The Morgan fingerprint density at radius 2 is 1.62 bits per heavy atom. The standard InChI is InChI=1S/C32H27N3OS/c1-32(20-26-9-5-6-10-28(26)29(32)25-7-3-2-4-8-25)30(36)35-31-34-27(21-37-31)19-22-11-13-23(14-12-22)24-15-17-33-18-16-24/h2-18,21,29H,19-20H2,1H3,(H,34,35,36)/t29-,32+/m0/s1. The molecule has 0 aliphatic heterocycles. The van der Waals surface area contributed by atoms with Gasteiger partial charge in [0.05, 0.1) is 11.1 Å². The van der Waals surface area contributed by atoms with Crippen molar-refractivity contribution in [2.45, 2.75) is 25.7 Å². The number of carbonyl (C=O) groups excluding carboxylic acids is 1. The molecule has 6 rings (SSSR count). The monoisotopic (exact) mass is 501 g/mol. The van der Waals surface area contributed by atoms with E-state index >= 15 is 0 Å². The molecule has 1 amide bonds. The highest BCUT2D eigenvalue weighted by Gasteiger charge is 2.48. The zero-order valence-electron chi connectivity index (χ0n) is 20.6. The fourth-order valence-corrected chi connectivity index (χ4v) is 6.18. The molecule has 0 radical (unpaired) electrons. The molecule has 1 aliphatic rings. The topological polar surface area (TPSA) is 54.9 Å². The van der Waals surface area contributed by atoms with Crippen LogP contribution < -0.4 is 5.32 Å². The highest BCUT2D eigenvalue weighted by Crippen LogP contribution is 2.51. The van der Waals surface area contributed by atoms with E-state index in [1.807, 2.05) is 35.7 Å². The highest BCUT2D eigenvalue weighted by atomic mass is 32.1. The first kappa shape index (κ1) is 23.3. The number of benzene rings is 3. The average Bonchev–Trinajstić information content (AvgIpc) is 3.51. The van der Waals surface area contributed by atoms with Gasteiger partial charge >= 0.3 is 0 Å². The molecule has 2 atom stereocenters. The van der Waals surface area contributed by atoms with Crippen molar-refractivity contribution in [1.82, 2.24) is 9.97 Å². The van der Waals surface area contributed by atoms with E-state index in [2.05, 4.69) is 77.9 Å². The fraction of sp³-hybridized carbons (Fsp3) is 0.156. The molecular formula is C32H27N3OS. The van der Waals surface area contributed by atoms with Crippen molar-refractivity contribution in [1.29, 1.82) is 0 Å². The molecule has 0 saturated carbocycles. The number of pyridine rings is 1. The SMILES string of the molecule is C[C@@]1(C(=O)Nc2nc(Cc3ccc(-c4ccncc4)cc3)cs2)Cc2ccccc2[C@@H]1c1ccccc1. The zero-order valence-corrected chi connectivity index (χ0v) is 21.4. The first-order valence-electron chi connectivity index (χ1n) is 12.5. The van der Waals surface area contributed by atoms with Crippen molar-refractivity contribution >= 4 is 22.4 Å². The van der Waals surface area contributed by atoms with Gasteiger partial charge in [0, 0.05) is 30.1 Å². The van der Waals surface area contributed by atoms with E-state index in [-0.39, 0.29) is 11.8 Å². The van der Waals surface area contributed by atoms with Gasteiger partial charge in [-0.15, -0.1) is 11.3 Å². The minimum Gasteiger partial charge on any atom is -0.301 e. The van der Waals surface area contributed by atoms with Gasteiger partial charge in [-0.3, -0.25) is 9.78 Å². The van der Waals surface area contributed by atoms with Crippen LogP contribution in [0.15, 0.2) is 109 Å². The van der Waals surface area contributed by atoms with Gasteiger partial charge in [-0.2, -0.15) is 0 Å². The summed E-state index contributed by atoms with van der Waals surface area (Å²) in [6, 6.07) is 31.3. The largest absolute Gasteiger partial charge is 0.301 e. The first-order valence-corrected chi connectivity index (χ1v) is 13.4. The van der Waals surface area contributed by atoms with Crippen LogP contribution in [0.1, 0.15) is 40.8 Å². The average molecular weight is 502 g/mol. The summed E-state index contributed by atoms with van der Waals surface area (Å²) in [6.45, 7) is 2.08. The third kappa shape index (κ3) is 4.58.